The minimum atomic E-state index is -0.451. The Bertz CT molecular complexity index is 985. The van der Waals surface area contributed by atoms with Gasteiger partial charge in [-0.25, -0.2) is 14.1 Å². The van der Waals surface area contributed by atoms with Gasteiger partial charge in [0.2, 0.25) is 5.91 Å². The quantitative estimate of drug-likeness (QED) is 0.792. The van der Waals surface area contributed by atoms with Crippen LogP contribution in [0.2, 0.25) is 0 Å². The van der Waals surface area contributed by atoms with E-state index in [0.29, 0.717) is 5.82 Å². The number of carbonyl (C=O) groups is 1. The van der Waals surface area contributed by atoms with Crippen molar-refractivity contribution >= 4 is 11.7 Å². The van der Waals surface area contributed by atoms with Crippen LogP contribution in [0.25, 0.3) is 11.3 Å². The molecule has 1 amide bonds. The molecule has 2 heterocycles. The lowest BCUT2D eigenvalue weighted by Gasteiger charge is -2.08. The molecular weight excluding hydrogens is 323 g/mol. The zero-order valence-electron chi connectivity index (χ0n) is 13.4. The Kier molecular flexibility index (Phi) is 4.65. The van der Waals surface area contributed by atoms with Crippen molar-refractivity contribution in [2.75, 3.05) is 5.32 Å². The van der Waals surface area contributed by atoms with Crippen LogP contribution in [0.5, 0.6) is 0 Å². The van der Waals surface area contributed by atoms with E-state index in [0.717, 1.165) is 10.4 Å². The molecule has 0 bridgehead atoms. The van der Waals surface area contributed by atoms with Gasteiger partial charge in [0.15, 0.2) is 0 Å². The van der Waals surface area contributed by atoms with Gasteiger partial charge in [0.25, 0.3) is 5.56 Å². The standard InChI is InChI=1S/C18H15FN4O2/c1-12-5-4-8-16(20-12)21-17(24)11-23-18(25)10-9-15(22-23)13-6-2-3-7-14(13)19/h2-10H,11H2,1H3,(H,20,21,24). The third kappa shape index (κ3) is 3.95. The summed E-state index contributed by atoms with van der Waals surface area (Å²) in [5.41, 5.74) is 0.846. The molecule has 6 nitrogen and oxygen atoms in total. The fourth-order valence-electron chi connectivity index (χ4n) is 2.31. The first-order valence-electron chi connectivity index (χ1n) is 7.59. The molecule has 3 aromatic rings. The molecule has 126 valence electrons. The third-order valence-corrected chi connectivity index (χ3v) is 3.47. The van der Waals surface area contributed by atoms with Gasteiger partial charge in [0.1, 0.15) is 18.2 Å². The van der Waals surface area contributed by atoms with E-state index in [9.17, 15) is 14.0 Å². The van der Waals surface area contributed by atoms with Gasteiger partial charge in [-0.2, -0.15) is 5.10 Å². The number of amides is 1. The van der Waals surface area contributed by atoms with E-state index in [1.807, 2.05) is 0 Å². The number of nitrogens with one attached hydrogen (secondary N) is 1. The second-order valence-electron chi connectivity index (χ2n) is 5.41. The zero-order chi connectivity index (χ0) is 17.8. The molecule has 0 atom stereocenters. The summed E-state index contributed by atoms with van der Waals surface area (Å²) in [6.07, 6.45) is 0. The Labute approximate surface area is 143 Å². The van der Waals surface area contributed by atoms with Gasteiger partial charge in [-0.05, 0) is 37.3 Å². The summed E-state index contributed by atoms with van der Waals surface area (Å²) in [5.74, 6) is -0.504. The summed E-state index contributed by atoms with van der Waals surface area (Å²) in [4.78, 5) is 28.2. The molecule has 0 spiro atoms. The van der Waals surface area contributed by atoms with Gasteiger partial charge in [-0.3, -0.25) is 9.59 Å². The minimum Gasteiger partial charge on any atom is -0.309 e. The number of hydrogen-bond donors (Lipinski definition) is 1. The Hall–Kier alpha value is -3.35. The molecule has 3 rings (SSSR count). The Balaban J connectivity index is 1.83. The molecule has 1 N–H and O–H groups in total. The van der Waals surface area contributed by atoms with Crippen molar-refractivity contribution in [1.82, 2.24) is 14.8 Å². The smallest absolute Gasteiger partial charge is 0.267 e. The lowest BCUT2D eigenvalue weighted by atomic mass is 10.1. The molecule has 0 fully saturated rings. The first kappa shape index (κ1) is 16.5. The molecule has 0 aliphatic heterocycles. The summed E-state index contributed by atoms with van der Waals surface area (Å²) in [7, 11) is 0. The lowest BCUT2D eigenvalue weighted by molar-refractivity contribution is -0.117. The SMILES string of the molecule is Cc1cccc(NC(=O)Cn2nc(-c3ccccc3F)ccc2=O)n1. The van der Waals surface area contributed by atoms with Gasteiger partial charge in [-0.15, -0.1) is 0 Å². The van der Waals surface area contributed by atoms with Gasteiger partial charge in [0, 0.05) is 17.3 Å². The molecule has 25 heavy (non-hydrogen) atoms. The molecule has 1 aromatic carbocycles. The number of nitrogens with zero attached hydrogens (tertiary/aromatic N) is 3. The molecule has 0 saturated carbocycles. The maximum atomic E-state index is 13.9. The second kappa shape index (κ2) is 7.04. The maximum Gasteiger partial charge on any atom is 0.267 e. The van der Waals surface area contributed by atoms with Crippen molar-refractivity contribution in [2.45, 2.75) is 13.5 Å². The number of pyridine rings is 1. The van der Waals surface area contributed by atoms with Crippen LogP contribution in [-0.2, 0) is 11.3 Å². The number of rotatable bonds is 4. The normalized spacial score (nSPS) is 10.5. The maximum absolute atomic E-state index is 13.9. The first-order valence-corrected chi connectivity index (χ1v) is 7.59. The molecule has 0 unspecified atom stereocenters. The van der Waals surface area contributed by atoms with Gasteiger partial charge >= 0.3 is 0 Å². The molecule has 0 aliphatic rings. The topological polar surface area (TPSA) is 76.9 Å². The van der Waals surface area contributed by atoms with Gasteiger partial charge in [-0.1, -0.05) is 18.2 Å². The van der Waals surface area contributed by atoms with Crippen molar-refractivity contribution in [3.05, 3.63) is 76.5 Å². The summed E-state index contributed by atoms with van der Waals surface area (Å²) < 4.78 is 14.9. The molecule has 0 radical (unpaired) electrons. The van der Waals surface area contributed by atoms with E-state index in [-0.39, 0.29) is 17.8 Å². The largest absolute Gasteiger partial charge is 0.309 e. The second-order valence-corrected chi connectivity index (χ2v) is 5.41. The van der Waals surface area contributed by atoms with Crippen LogP contribution in [0.4, 0.5) is 10.2 Å². The molecule has 2 aromatic heterocycles. The van der Waals surface area contributed by atoms with Crippen LogP contribution in [0.3, 0.4) is 0 Å². The van der Waals surface area contributed by atoms with Crippen molar-refractivity contribution in [3.63, 3.8) is 0 Å². The molecule has 0 saturated heterocycles. The highest BCUT2D eigenvalue weighted by Crippen LogP contribution is 2.18. The number of hydrogen-bond acceptors (Lipinski definition) is 4. The number of aryl methyl sites for hydroxylation is 1. The number of aromatic nitrogens is 3. The van der Waals surface area contributed by atoms with Gasteiger partial charge in [0.05, 0.1) is 5.69 Å². The molecule has 0 aliphatic carbocycles. The average Bonchev–Trinajstić information content (AvgIpc) is 2.57. The van der Waals surface area contributed by atoms with E-state index < -0.39 is 17.3 Å². The fraction of sp³-hybridized carbons (Fsp3) is 0.111. The van der Waals surface area contributed by atoms with Crippen LogP contribution >= 0.6 is 0 Å². The van der Waals surface area contributed by atoms with Crippen molar-refractivity contribution in [1.29, 1.82) is 0 Å². The van der Waals surface area contributed by atoms with Gasteiger partial charge < -0.3 is 5.32 Å². The van der Waals surface area contributed by atoms with Crippen LogP contribution in [0, 0.1) is 12.7 Å². The highest BCUT2D eigenvalue weighted by Gasteiger charge is 2.11. The van der Waals surface area contributed by atoms with Crippen LogP contribution in [-0.4, -0.2) is 20.7 Å². The number of carbonyl (C=O) groups excluding carboxylic acids is 1. The third-order valence-electron chi connectivity index (χ3n) is 3.47. The number of benzene rings is 1. The van der Waals surface area contributed by atoms with Crippen molar-refractivity contribution < 1.29 is 9.18 Å². The van der Waals surface area contributed by atoms with E-state index in [2.05, 4.69) is 15.4 Å². The van der Waals surface area contributed by atoms with Crippen LogP contribution in [0.1, 0.15) is 5.69 Å². The predicted octanol–water partition coefficient (Wildman–Crippen LogP) is 2.39. The highest BCUT2D eigenvalue weighted by atomic mass is 19.1. The predicted molar refractivity (Wildman–Crippen MR) is 91.5 cm³/mol. The van der Waals surface area contributed by atoms with Crippen LogP contribution < -0.4 is 10.9 Å². The first-order chi connectivity index (χ1) is 12.0. The van der Waals surface area contributed by atoms with Crippen LogP contribution in [0.15, 0.2) is 59.4 Å². The summed E-state index contributed by atoms with van der Waals surface area (Å²) in [5, 5.41) is 6.69. The molecular formula is C18H15FN4O2. The van der Waals surface area contributed by atoms with Crippen molar-refractivity contribution in [2.24, 2.45) is 0 Å². The fourth-order valence-corrected chi connectivity index (χ4v) is 2.31. The van der Waals surface area contributed by atoms with E-state index >= 15 is 0 Å². The average molecular weight is 338 g/mol. The van der Waals surface area contributed by atoms with Crippen molar-refractivity contribution in [3.8, 4) is 11.3 Å². The summed E-state index contributed by atoms with van der Waals surface area (Å²) >= 11 is 0. The highest BCUT2D eigenvalue weighted by molar-refractivity contribution is 5.89. The van der Waals surface area contributed by atoms with E-state index in [1.54, 1.807) is 43.3 Å². The minimum absolute atomic E-state index is 0.261. The Morgan fingerprint density at radius 2 is 1.92 bits per heavy atom. The Morgan fingerprint density at radius 1 is 1.12 bits per heavy atom. The number of anilines is 1. The lowest BCUT2D eigenvalue weighted by Crippen LogP contribution is -2.29. The summed E-state index contributed by atoms with van der Waals surface area (Å²) in [6, 6.07) is 14.0. The van der Waals surface area contributed by atoms with E-state index in [1.165, 1.54) is 18.2 Å². The van der Waals surface area contributed by atoms with E-state index in [4.69, 9.17) is 0 Å². The number of halogens is 1. The zero-order valence-corrected chi connectivity index (χ0v) is 13.4. The molecule has 7 heteroatoms. The monoisotopic (exact) mass is 338 g/mol. The summed E-state index contributed by atoms with van der Waals surface area (Å²) in [6.45, 7) is 1.51. The Morgan fingerprint density at radius 3 is 2.68 bits per heavy atom.